The molecule has 0 N–H and O–H groups in total. The summed E-state index contributed by atoms with van der Waals surface area (Å²) in [6.45, 7) is 7.91. The summed E-state index contributed by atoms with van der Waals surface area (Å²) in [4.78, 5) is 0. The molecule has 0 amide bonds. The van der Waals surface area contributed by atoms with Crippen molar-refractivity contribution >= 4 is 6.21 Å². The van der Waals surface area contributed by atoms with Crippen LogP contribution in [-0.2, 0) is 0 Å². The van der Waals surface area contributed by atoms with Crippen LogP contribution in [0.3, 0.4) is 0 Å². The third kappa shape index (κ3) is 6.38. The van der Waals surface area contributed by atoms with E-state index in [1.165, 1.54) is 32.2 Å². The molecule has 1 heteroatoms. The van der Waals surface area contributed by atoms with Crippen molar-refractivity contribution in [1.29, 1.82) is 0 Å². The first kappa shape index (κ1) is 11.7. The SMILES string of the molecule is CC=[N+](C)CC(C)CCCCC. The summed E-state index contributed by atoms with van der Waals surface area (Å²) in [6.07, 6.45) is 7.66. The van der Waals surface area contributed by atoms with Crippen LogP contribution in [-0.4, -0.2) is 24.4 Å². The molecule has 0 fully saturated rings. The van der Waals surface area contributed by atoms with E-state index in [0.717, 1.165) is 5.92 Å². The van der Waals surface area contributed by atoms with Crippen molar-refractivity contribution in [3.05, 3.63) is 0 Å². The van der Waals surface area contributed by atoms with E-state index < -0.39 is 0 Å². The van der Waals surface area contributed by atoms with E-state index in [1.807, 2.05) is 0 Å². The molecular formula is C11H24N+. The van der Waals surface area contributed by atoms with Crippen molar-refractivity contribution in [2.45, 2.75) is 46.5 Å². The van der Waals surface area contributed by atoms with E-state index in [0.29, 0.717) is 0 Å². The fraction of sp³-hybridized carbons (Fsp3) is 0.909. The second-order valence-corrected chi connectivity index (χ2v) is 3.80. The van der Waals surface area contributed by atoms with Gasteiger partial charge in [-0.2, -0.15) is 0 Å². The Balaban J connectivity index is 3.39. The lowest BCUT2D eigenvalue weighted by molar-refractivity contribution is -0.500. The number of unbranched alkanes of at least 4 members (excludes halogenated alkanes) is 2. The molecule has 0 aliphatic carbocycles. The van der Waals surface area contributed by atoms with Gasteiger partial charge < -0.3 is 0 Å². The highest BCUT2D eigenvalue weighted by atomic mass is 14.9. The topological polar surface area (TPSA) is 3.01 Å². The van der Waals surface area contributed by atoms with Crippen LogP contribution in [0.2, 0.25) is 0 Å². The first-order valence-electron chi connectivity index (χ1n) is 5.20. The Kier molecular flexibility index (Phi) is 7.12. The van der Waals surface area contributed by atoms with Crippen molar-refractivity contribution in [3.63, 3.8) is 0 Å². The summed E-state index contributed by atoms with van der Waals surface area (Å²) in [5.74, 6) is 0.845. The van der Waals surface area contributed by atoms with E-state index in [-0.39, 0.29) is 0 Å². The van der Waals surface area contributed by atoms with Crippen molar-refractivity contribution in [1.82, 2.24) is 0 Å². The summed E-state index contributed by atoms with van der Waals surface area (Å²) in [5, 5.41) is 0. The average molecular weight is 170 g/mol. The maximum absolute atomic E-state index is 2.34. The molecule has 0 aromatic carbocycles. The van der Waals surface area contributed by atoms with Crippen LogP contribution in [0.5, 0.6) is 0 Å². The number of nitrogens with zero attached hydrogens (tertiary/aromatic N) is 1. The van der Waals surface area contributed by atoms with Crippen molar-refractivity contribution in [2.75, 3.05) is 13.6 Å². The van der Waals surface area contributed by atoms with Gasteiger partial charge in [-0.05, 0) is 6.42 Å². The smallest absolute Gasteiger partial charge is 0.144 e. The van der Waals surface area contributed by atoms with Gasteiger partial charge in [-0.25, -0.2) is 4.58 Å². The molecule has 0 saturated heterocycles. The van der Waals surface area contributed by atoms with Gasteiger partial charge >= 0.3 is 0 Å². The number of rotatable bonds is 6. The number of hydrogen-bond donors (Lipinski definition) is 0. The van der Waals surface area contributed by atoms with Crippen LogP contribution >= 0.6 is 0 Å². The van der Waals surface area contributed by atoms with Crippen molar-refractivity contribution in [3.8, 4) is 0 Å². The van der Waals surface area contributed by atoms with E-state index in [9.17, 15) is 0 Å². The molecule has 1 atom stereocenters. The Morgan fingerprint density at radius 3 is 2.50 bits per heavy atom. The quantitative estimate of drug-likeness (QED) is 0.327. The molecule has 0 rings (SSSR count). The normalized spacial score (nSPS) is 14.8. The monoisotopic (exact) mass is 170 g/mol. The highest BCUT2D eigenvalue weighted by molar-refractivity contribution is 5.46. The van der Waals surface area contributed by atoms with Crippen LogP contribution < -0.4 is 0 Å². The highest BCUT2D eigenvalue weighted by Gasteiger charge is 2.05. The van der Waals surface area contributed by atoms with Crippen molar-refractivity contribution in [2.24, 2.45) is 5.92 Å². The molecule has 0 spiro atoms. The van der Waals surface area contributed by atoms with Gasteiger partial charge in [0.05, 0.1) is 0 Å². The van der Waals surface area contributed by atoms with Gasteiger partial charge in [0, 0.05) is 12.8 Å². The summed E-state index contributed by atoms with van der Waals surface area (Å²) in [7, 11) is 2.15. The van der Waals surface area contributed by atoms with Crippen molar-refractivity contribution < 1.29 is 4.58 Å². The molecular weight excluding hydrogens is 146 g/mol. The molecule has 72 valence electrons. The average Bonchev–Trinajstić information content (AvgIpc) is 2.05. The molecule has 0 aromatic heterocycles. The molecule has 0 heterocycles. The Morgan fingerprint density at radius 1 is 1.33 bits per heavy atom. The Hall–Kier alpha value is -0.330. The van der Waals surface area contributed by atoms with E-state index in [4.69, 9.17) is 0 Å². The molecule has 1 unspecified atom stereocenters. The Morgan fingerprint density at radius 2 is 2.00 bits per heavy atom. The van der Waals surface area contributed by atoms with Gasteiger partial charge in [-0.3, -0.25) is 0 Å². The molecule has 12 heavy (non-hydrogen) atoms. The highest BCUT2D eigenvalue weighted by Crippen LogP contribution is 2.08. The van der Waals surface area contributed by atoms with Gasteiger partial charge in [0.25, 0.3) is 0 Å². The van der Waals surface area contributed by atoms with Gasteiger partial charge in [0.1, 0.15) is 19.8 Å². The van der Waals surface area contributed by atoms with Gasteiger partial charge in [0.15, 0.2) is 0 Å². The molecule has 0 aromatic rings. The standard InChI is InChI=1S/C11H24N/c1-5-7-8-9-11(3)10-12(4)6-2/h6,11H,5,7-10H2,1-4H3/q+1. The van der Waals surface area contributed by atoms with Crippen LogP contribution in [0.4, 0.5) is 0 Å². The third-order valence-corrected chi connectivity index (χ3v) is 2.34. The van der Waals surface area contributed by atoms with Crippen LogP contribution in [0.1, 0.15) is 46.5 Å². The summed E-state index contributed by atoms with van der Waals surface area (Å²) < 4.78 is 2.27. The predicted octanol–water partition coefficient (Wildman–Crippen LogP) is 2.94. The molecule has 0 aliphatic rings. The molecule has 0 bridgehead atoms. The minimum absolute atomic E-state index is 0.845. The number of hydrogen-bond acceptors (Lipinski definition) is 0. The Labute approximate surface area is 77.5 Å². The summed E-state index contributed by atoms with van der Waals surface area (Å²) >= 11 is 0. The summed E-state index contributed by atoms with van der Waals surface area (Å²) in [6, 6.07) is 0. The minimum Gasteiger partial charge on any atom is -0.242 e. The maximum Gasteiger partial charge on any atom is 0.144 e. The van der Waals surface area contributed by atoms with E-state index in [2.05, 4.69) is 38.6 Å². The third-order valence-electron chi connectivity index (χ3n) is 2.34. The zero-order valence-corrected chi connectivity index (χ0v) is 9.14. The lowest BCUT2D eigenvalue weighted by Gasteiger charge is -2.07. The lowest BCUT2D eigenvalue weighted by Crippen LogP contribution is -2.15. The predicted molar refractivity (Wildman–Crippen MR) is 56.1 cm³/mol. The zero-order valence-electron chi connectivity index (χ0n) is 9.14. The fourth-order valence-corrected chi connectivity index (χ4v) is 1.43. The van der Waals surface area contributed by atoms with Gasteiger partial charge in [-0.15, -0.1) is 0 Å². The first-order chi connectivity index (χ1) is 5.70. The van der Waals surface area contributed by atoms with Gasteiger partial charge in [0.2, 0.25) is 0 Å². The first-order valence-corrected chi connectivity index (χ1v) is 5.20. The second kappa shape index (κ2) is 7.33. The largest absolute Gasteiger partial charge is 0.242 e. The Bertz CT molecular complexity index is 127. The molecule has 0 aliphatic heterocycles. The maximum atomic E-state index is 2.34. The zero-order chi connectivity index (χ0) is 9.40. The minimum atomic E-state index is 0.845. The van der Waals surface area contributed by atoms with Crippen LogP contribution in [0.25, 0.3) is 0 Å². The van der Waals surface area contributed by atoms with Crippen LogP contribution in [0, 0.1) is 5.92 Å². The van der Waals surface area contributed by atoms with E-state index >= 15 is 0 Å². The summed E-state index contributed by atoms with van der Waals surface area (Å²) in [5.41, 5.74) is 0. The fourth-order valence-electron chi connectivity index (χ4n) is 1.43. The van der Waals surface area contributed by atoms with Gasteiger partial charge in [-0.1, -0.05) is 33.1 Å². The second-order valence-electron chi connectivity index (χ2n) is 3.80. The van der Waals surface area contributed by atoms with Crippen LogP contribution in [0.15, 0.2) is 0 Å². The molecule has 0 radical (unpaired) electrons. The lowest BCUT2D eigenvalue weighted by atomic mass is 10.0. The van der Waals surface area contributed by atoms with E-state index in [1.54, 1.807) is 0 Å². The molecule has 1 nitrogen and oxygen atoms in total. The molecule has 0 saturated carbocycles.